The van der Waals surface area contributed by atoms with E-state index in [0.717, 1.165) is 35.1 Å². The number of nitrogens with zero attached hydrogens (tertiary/aromatic N) is 1. The summed E-state index contributed by atoms with van der Waals surface area (Å²) in [6.07, 6.45) is 1.85. The first kappa shape index (κ1) is 16.7. The van der Waals surface area contributed by atoms with Gasteiger partial charge in [-0.15, -0.1) is 0 Å². The highest BCUT2D eigenvalue weighted by molar-refractivity contribution is 5.93. The Balaban J connectivity index is 1.57. The molecular formula is C21H23N3O2. The second-order valence-electron chi connectivity index (χ2n) is 6.85. The number of carbonyl (C=O) groups excluding carboxylic acids is 1. The van der Waals surface area contributed by atoms with Crippen LogP contribution in [-0.2, 0) is 6.42 Å². The molecule has 0 saturated heterocycles. The maximum atomic E-state index is 12.9. The van der Waals surface area contributed by atoms with E-state index in [0.29, 0.717) is 6.54 Å². The summed E-state index contributed by atoms with van der Waals surface area (Å²) in [6, 6.07) is 16.0. The van der Waals surface area contributed by atoms with Crippen molar-refractivity contribution in [1.29, 1.82) is 0 Å². The molecule has 0 spiro atoms. The molecule has 0 fully saturated rings. The van der Waals surface area contributed by atoms with E-state index in [-0.39, 0.29) is 18.7 Å². The van der Waals surface area contributed by atoms with Crippen molar-refractivity contribution >= 4 is 22.6 Å². The molecule has 2 aromatic carbocycles. The topological polar surface area (TPSA) is 68.4 Å². The Labute approximate surface area is 152 Å². The predicted molar refractivity (Wildman–Crippen MR) is 103 cm³/mol. The number of aromatic amines is 1. The van der Waals surface area contributed by atoms with Gasteiger partial charge in [0.1, 0.15) is 0 Å². The van der Waals surface area contributed by atoms with Crippen molar-refractivity contribution in [1.82, 2.24) is 9.88 Å². The highest BCUT2D eigenvalue weighted by Gasteiger charge is 2.30. The predicted octanol–water partition coefficient (Wildman–Crippen LogP) is 3.99. The molecule has 1 aliphatic carbocycles. The normalized spacial score (nSPS) is 15.8. The molecule has 3 aromatic rings. The molecule has 3 N–H and O–H groups in total. The Morgan fingerprint density at radius 1 is 1.27 bits per heavy atom. The number of aromatic nitrogens is 1. The Bertz CT molecular complexity index is 947. The molecule has 1 aliphatic rings. The molecule has 1 aromatic heterocycles. The third-order valence-corrected chi connectivity index (χ3v) is 5.09. The zero-order chi connectivity index (χ0) is 18.1. The van der Waals surface area contributed by atoms with Crippen molar-refractivity contribution in [3.8, 4) is 0 Å². The Morgan fingerprint density at radius 3 is 2.96 bits per heavy atom. The van der Waals surface area contributed by atoms with Gasteiger partial charge in [0.25, 0.3) is 0 Å². The first-order valence-corrected chi connectivity index (χ1v) is 9.01. The largest absolute Gasteiger partial charge is 0.395 e. The first-order chi connectivity index (χ1) is 12.7. The maximum absolute atomic E-state index is 12.9. The molecule has 134 valence electrons. The van der Waals surface area contributed by atoms with E-state index in [9.17, 15) is 9.90 Å². The van der Waals surface area contributed by atoms with Crippen LogP contribution in [0.5, 0.6) is 0 Å². The number of aliphatic hydroxyl groups excluding tert-OH is 1. The van der Waals surface area contributed by atoms with Crippen LogP contribution in [0.3, 0.4) is 0 Å². The van der Waals surface area contributed by atoms with Crippen molar-refractivity contribution < 1.29 is 9.90 Å². The minimum Gasteiger partial charge on any atom is -0.395 e. The molecule has 1 unspecified atom stereocenters. The van der Waals surface area contributed by atoms with E-state index in [1.54, 1.807) is 4.90 Å². The molecule has 0 aliphatic heterocycles. The van der Waals surface area contributed by atoms with Crippen LogP contribution in [0, 0.1) is 6.92 Å². The van der Waals surface area contributed by atoms with Gasteiger partial charge in [-0.2, -0.15) is 0 Å². The van der Waals surface area contributed by atoms with Gasteiger partial charge >= 0.3 is 6.03 Å². The fourth-order valence-corrected chi connectivity index (χ4v) is 3.92. The number of aliphatic hydroxyl groups is 1. The van der Waals surface area contributed by atoms with E-state index in [2.05, 4.69) is 28.5 Å². The first-order valence-electron chi connectivity index (χ1n) is 9.01. The highest BCUT2D eigenvalue weighted by atomic mass is 16.3. The quantitative estimate of drug-likeness (QED) is 0.667. The van der Waals surface area contributed by atoms with Gasteiger partial charge in [-0.25, -0.2) is 4.79 Å². The molecular weight excluding hydrogens is 326 g/mol. The van der Waals surface area contributed by atoms with Crippen molar-refractivity contribution in [2.45, 2.75) is 25.8 Å². The number of carbonyl (C=O) groups is 1. The molecule has 0 saturated carbocycles. The second-order valence-corrected chi connectivity index (χ2v) is 6.85. The minimum atomic E-state index is -0.174. The summed E-state index contributed by atoms with van der Waals surface area (Å²) in [4.78, 5) is 18.0. The monoisotopic (exact) mass is 349 g/mol. The van der Waals surface area contributed by atoms with Gasteiger partial charge in [0.05, 0.1) is 12.6 Å². The van der Waals surface area contributed by atoms with Gasteiger partial charge in [0.15, 0.2) is 0 Å². The Hall–Kier alpha value is -2.79. The van der Waals surface area contributed by atoms with E-state index < -0.39 is 0 Å². The number of hydrogen-bond acceptors (Lipinski definition) is 2. The Kier molecular flexibility index (Phi) is 4.39. The number of urea groups is 1. The van der Waals surface area contributed by atoms with Gasteiger partial charge in [-0.1, -0.05) is 24.3 Å². The number of amides is 2. The maximum Gasteiger partial charge on any atom is 0.322 e. The van der Waals surface area contributed by atoms with Crippen molar-refractivity contribution in [3.05, 3.63) is 65.4 Å². The molecule has 4 rings (SSSR count). The number of rotatable bonds is 4. The minimum absolute atomic E-state index is 0.0107. The summed E-state index contributed by atoms with van der Waals surface area (Å²) < 4.78 is 0. The SMILES string of the molecule is Cc1cc2cc(NC(=O)N(CCO)C3CCc4ccccc43)ccc2[nH]1. The van der Waals surface area contributed by atoms with Crippen LogP contribution in [-0.4, -0.2) is 34.2 Å². The molecule has 5 heteroatoms. The van der Waals surface area contributed by atoms with Gasteiger partial charge in [-0.05, 0) is 55.2 Å². The number of anilines is 1. The lowest BCUT2D eigenvalue weighted by atomic mass is 10.1. The van der Waals surface area contributed by atoms with Crippen LogP contribution >= 0.6 is 0 Å². The number of benzene rings is 2. The summed E-state index contributed by atoms with van der Waals surface area (Å²) in [7, 11) is 0. The Morgan fingerprint density at radius 2 is 2.12 bits per heavy atom. The number of fused-ring (bicyclic) bond motifs is 2. The second kappa shape index (κ2) is 6.84. The molecule has 0 radical (unpaired) electrons. The third kappa shape index (κ3) is 3.06. The zero-order valence-corrected chi connectivity index (χ0v) is 14.8. The number of H-pyrrole nitrogens is 1. The van der Waals surface area contributed by atoms with E-state index in [1.807, 2.05) is 37.3 Å². The van der Waals surface area contributed by atoms with Gasteiger partial charge in [0, 0.05) is 28.8 Å². The van der Waals surface area contributed by atoms with E-state index >= 15 is 0 Å². The number of hydrogen-bond donors (Lipinski definition) is 3. The smallest absolute Gasteiger partial charge is 0.322 e. The van der Waals surface area contributed by atoms with Crippen molar-refractivity contribution in [3.63, 3.8) is 0 Å². The van der Waals surface area contributed by atoms with Crippen LogP contribution in [0.2, 0.25) is 0 Å². The molecule has 5 nitrogen and oxygen atoms in total. The third-order valence-electron chi connectivity index (χ3n) is 5.09. The van der Waals surface area contributed by atoms with Crippen LogP contribution in [0.15, 0.2) is 48.5 Å². The average molecular weight is 349 g/mol. The fraction of sp³-hybridized carbons (Fsp3) is 0.286. The molecule has 1 heterocycles. The lowest BCUT2D eigenvalue weighted by Crippen LogP contribution is -2.39. The molecule has 26 heavy (non-hydrogen) atoms. The summed E-state index contributed by atoms with van der Waals surface area (Å²) in [6.45, 7) is 2.28. The van der Waals surface area contributed by atoms with Crippen molar-refractivity contribution in [2.75, 3.05) is 18.5 Å². The van der Waals surface area contributed by atoms with E-state index in [4.69, 9.17) is 0 Å². The summed E-state index contributed by atoms with van der Waals surface area (Å²) in [5.41, 5.74) is 5.38. The molecule has 2 amide bonds. The molecule has 0 bridgehead atoms. The van der Waals surface area contributed by atoms with Crippen LogP contribution < -0.4 is 5.32 Å². The highest BCUT2D eigenvalue weighted by Crippen LogP contribution is 2.35. The van der Waals surface area contributed by atoms with E-state index in [1.165, 1.54) is 11.1 Å². The number of nitrogens with one attached hydrogen (secondary N) is 2. The summed E-state index contributed by atoms with van der Waals surface area (Å²) >= 11 is 0. The standard InChI is InChI=1S/C21H23N3O2/c1-14-12-16-13-17(7-8-19(16)22-14)23-21(26)24(10-11-25)20-9-6-15-4-2-3-5-18(15)20/h2-5,7-8,12-13,20,22,25H,6,9-11H2,1H3,(H,23,26). The summed E-state index contributed by atoms with van der Waals surface area (Å²) in [5.74, 6) is 0. The van der Waals surface area contributed by atoms with Crippen LogP contribution in [0.4, 0.5) is 10.5 Å². The average Bonchev–Trinajstić information content (AvgIpc) is 3.21. The number of aryl methyl sites for hydroxylation is 2. The van der Waals surface area contributed by atoms with Crippen molar-refractivity contribution in [2.24, 2.45) is 0 Å². The van der Waals surface area contributed by atoms with Gasteiger partial charge in [-0.3, -0.25) is 0 Å². The lowest BCUT2D eigenvalue weighted by Gasteiger charge is -2.29. The zero-order valence-electron chi connectivity index (χ0n) is 14.8. The van der Waals surface area contributed by atoms with Crippen LogP contribution in [0.25, 0.3) is 10.9 Å². The van der Waals surface area contributed by atoms with Gasteiger partial charge in [0.2, 0.25) is 0 Å². The summed E-state index contributed by atoms with van der Waals surface area (Å²) in [5, 5.41) is 13.5. The van der Waals surface area contributed by atoms with Gasteiger partial charge < -0.3 is 20.3 Å². The fourth-order valence-electron chi connectivity index (χ4n) is 3.92. The van der Waals surface area contributed by atoms with Crippen LogP contribution in [0.1, 0.15) is 29.3 Å². The lowest BCUT2D eigenvalue weighted by molar-refractivity contribution is 0.162. The molecule has 1 atom stereocenters.